The summed E-state index contributed by atoms with van der Waals surface area (Å²) in [4.78, 5) is 38.7. The average Bonchev–Trinajstić information content (AvgIpc) is 3.63. The van der Waals surface area contributed by atoms with Crippen molar-refractivity contribution in [3.05, 3.63) is 41.4 Å². The molecule has 0 amide bonds. The number of nitrogens with two attached hydrogens (primary N) is 1. The zero-order valence-electron chi connectivity index (χ0n) is 21.8. The number of halogens is 1. The SMILES string of the molecule is C#C[C@@H](O)[C@@H](O[C@@H](CO)COC(Cc1ccc(N2CCCC2)cc1)(C(=O)O)C(=O)O)n1cnc2c(N)nc(Cl)nc21. The second-order valence-electron chi connectivity index (χ2n) is 9.43. The first kappa shape index (κ1) is 30.0. The molecule has 3 aromatic rings. The minimum atomic E-state index is -2.71. The van der Waals surface area contributed by atoms with E-state index in [1.54, 1.807) is 24.3 Å². The monoisotopic (exact) mass is 588 g/mol. The van der Waals surface area contributed by atoms with Crippen molar-refractivity contribution < 1.29 is 39.5 Å². The first-order chi connectivity index (χ1) is 19.6. The number of hydrogen-bond acceptors (Lipinski definition) is 11. The van der Waals surface area contributed by atoms with Crippen molar-refractivity contribution in [3.63, 3.8) is 0 Å². The van der Waals surface area contributed by atoms with Crippen molar-refractivity contribution >= 4 is 46.2 Å². The van der Waals surface area contributed by atoms with Crippen molar-refractivity contribution in [1.82, 2.24) is 19.5 Å². The highest BCUT2D eigenvalue weighted by atomic mass is 35.5. The molecule has 0 saturated carbocycles. The minimum absolute atomic E-state index is 0.0455. The number of aliphatic carboxylic acids is 2. The van der Waals surface area contributed by atoms with Gasteiger partial charge in [0.15, 0.2) is 23.8 Å². The van der Waals surface area contributed by atoms with Crippen molar-refractivity contribution in [1.29, 1.82) is 0 Å². The van der Waals surface area contributed by atoms with Crippen LogP contribution in [0.1, 0.15) is 24.6 Å². The quantitative estimate of drug-likeness (QED) is 0.106. The van der Waals surface area contributed by atoms with Crippen LogP contribution in [0, 0.1) is 12.3 Å². The van der Waals surface area contributed by atoms with Crippen LogP contribution in [0.2, 0.25) is 5.28 Å². The predicted octanol–water partition coefficient (Wildman–Crippen LogP) is 0.700. The molecule has 41 heavy (non-hydrogen) atoms. The number of aliphatic hydroxyl groups excluding tert-OH is 2. The lowest BCUT2D eigenvalue weighted by molar-refractivity contribution is -0.195. The number of carbonyl (C=O) groups is 2. The third-order valence-corrected chi connectivity index (χ3v) is 6.91. The standard InChI is InChI=1S/C26H29ClN6O8/c1-2-18(35)22(33-14-29-19-20(28)30-25(27)31-21(19)33)41-17(12-34)13-40-26(23(36)37,24(38)39)11-15-5-7-16(8-6-15)32-9-3-4-10-32/h1,5-8,14,17-18,22,34-35H,3-4,9-13H2,(H,36,37)(H,38,39)(H2,28,30,31)/t17-,18+,22+/m0/s1. The Morgan fingerprint density at radius 2 is 1.83 bits per heavy atom. The Bertz CT molecular complexity index is 1420. The van der Waals surface area contributed by atoms with E-state index in [0.29, 0.717) is 5.56 Å². The van der Waals surface area contributed by atoms with Crippen molar-refractivity contribution in [2.45, 2.75) is 43.3 Å². The molecule has 1 aliphatic rings. The number of hydrogen-bond donors (Lipinski definition) is 5. The van der Waals surface area contributed by atoms with Gasteiger partial charge in [-0.25, -0.2) is 14.6 Å². The highest BCUT2D eigenvalue weighted by molar-refractivity contribution is 6.28. The minimum Gasteiger partial charge on any atom is -0.479 e. The van der Waals surface area contributed by atoms with E-state index in [-0.39, 0.29) is 22.3 Å². The van der Waals surface area contributed by atoms with Gasteiger partial charge in [-0.15, -0.1) is 6.42 Å². The fourth-order valence-electron chi connectivity index (χ4n) is 4.54. The zero-order chi connectivity index (χ0) is 29.7. The molecule has 2 aromatic heterocycles. The van der Waals surface area contributed by atoms with Gasteiger partial charge in [0.1, 0.15) is 11.6 Å². The summed E-state index contributed by atoms with van der Waals surface area (Å²) in [6.45, 7) is 0.380. The number of nitrogen functional groups attached to an aromatic ring is 1. The Hall–Kier alpha value is -4.00. The molecular weight excluding hydrogens is 560 g/mol. The van der Waals surface area contributed by atoms with E-state index in [0.717, 1.165) is 31.6 Å². The van der Waals surface area contributed by atoms with Crippen molar-refractivity contribution in [3.8, 4) is 12.3 Å². The van der Waals surface area contributed by atoms with Crippen LogP contribution in [-0.4, -0.2) is 96.0 Å². The fourth-order valence-corrected chi connectivity index (χ4v) is 4.71. The van der Waals surface area contributed by atoms with Crippen molar-refractivity contribution in [2.24, 2.45) is 0 Å². The molecule has 4 rings (SSSR count). The molecule has 218 valence electrons. The average molecular weight is 589 g/mol. The number of benzene rings is 1. The molecule has 0 spiro atoms. The van der Waals surface area contributed by atoms with Gasteiger partial charge in [-0.05, 0) is 42.1 Å². The number of carboxylic acid groups (broad SMARTS) is 2. The number of carboxylic acids is 2. The van der Waals surface area contributed by atoms with Crippen molar-refractivity contribution in [2.75, 3.05) is 36.9 Å². The molecule has 3 atom stereocenters. The summed E-state index contributed by atoms with van der Waals surface area (Å²) < 4.78 is 12.5. The maximum absolute atomic E-state index is 12.3. The second kappa shape index (κ2) is 12.7. The maximum Gasteiger partial charge on any atom is 0.348 e. The topological polar surface area (TPSA) is 206 Å². The maximum atomic E-state index is 12.3. The van der Waals surface area contributed by atoms with Gasteiger partial charge in [-0.3, -0.25) is 4.57 Å². The third kappa shape index (κ3) is 6.34. The fraction of sp³-hybridized carbons (Fsp3) is 0.423. The van der Waals surface area contributed by atoms with Crippen LogP contribution in [0.25, 0.3) is 11.2 Å². The van der Waals surface area contributed by atoms with Gasteiger partial charge >= 0.3 is 11.9 Å². The number of aliphatic hydroxyl groups is 2. The molecule has 0 bridgehead atoms. The van der Waals surface area contributed by atoms with E-state index >= 15 is 0 Å². The summed E-state index contributed by atoms with van der Waals surface area (Å²) in [5.74, 6) is -1.43. The molecule has 0 aliphatic carbocycles. The molecule has 1 aliphatic heterocycles. The predicted molar refractivity (Wildman–Crippen MR) is 146 cm³/mol. The summed E-state index contributed by atoms with van der Waals surface area (Å²) in [6, 6.07) is 6.91. The van der Waals surface area contributed by atoms with Crippen LogP contribution < -0.4 is 10.6 Å². The smallest absolute Gasteiger partial charge is 0.348 e. The Morgan fingerprint density at radius 3 is 2.41 bits per heavy atom. The lowest BCUT2D eigenvalue weighted by Gasteiger charge is -2.30. The Balaban J connectivity index is 1.55. The molecule has 1 fully saturated rings. The van der Waals surface area contributed by atoms with Gasteiger partial charge in [0.05, 0.1) is 19.5 Å². The summed E-state index contributed by atoms with van der Waals surface area (Å²) in [7, 11) is 0. The lowest BCUT2D eigenvalue weighted by atomic mass is 9.94. The Kier molecular flexibility index (Phi) is 9.26. The first-order valence-corrected chi connectivity index (χ1v) is 13.0. The number of ether oxygens (including phenoxy) is 2. The number of imidazole rings is 1. The Morgan fingerprint density at radius 1 is 1.17 bits per heavy atom. The molecule has 0 radical (unpaired) electrons. The van der Waals surface area contributed by atoms with Crippen LogP contribution in [0.4, 0.5) is 11.5 Å². The van der Waals surface area contributed by atoms with Gasteiger partial charge in [0.25, 0.3) is 5.60 Å². The van der Waals surface area contributed by atoms with Crippen LogP contribution in [-0.2, 0) is 25.5 Å². The number of anilines is 2. The Labute approximate surface area is 239 Å². The van der Waals surface area contributed by atoms with E-state index in [9.17, 15) is 30.0 Å². The molecule has 1 aromatic carbocycles. The zero-order valence-corrected chi connectivity index (χ0v) is 22.5. The number of fused-ring (bicyclic) bond motifs is 1. The highest BCUT2D eigenvalue weighted by Gasteiger charge is 2.49. The van der Waals surface area contributed by atoms with E-state index in [1.165, 1.54) is 10.9 Å². The van der Waals surface area contributed by atoms with Gasteiger partial charge < -0.3 is 40.5 Å². The molecular formula is C26H29ClN6O8. The summed E-state index contributed by atoms with van der Waals surface area (Å²) in [6.07, 6.45) is 3.88. The van der Waals surface area contributed by atoms with Gasteiger partial charge in [0.2, 0.25) is 5.28 Å². The van der Waals surface area contributed by atoms with Crippen LogP contribution in [0.15, 0.2) is 30.6 Å². The van der Waals surface area contributed by atoms with Gasteiger partial charge in [0, 0.05) is 25.2 Å². The van der Waals surface area contributed by atoms with Gasteiger partial charge in [-0.2, -0.15) is 9.97 Å². The normalized spacial score (nSPS) is 15.9. The number of nitrogens with zero attached hydrogens (tertiary/aromatic N) is 5. The highest BCUT2D eigenvalue weighted by Crippen LogP contribution is 2.27. The molecule has 6 N–H and O–H groups in total. The van der Waals surface area contributed by atoms with E-state index in [4.69, 9.17) is 33.2 Å². The summed E-state index contributed by atoms with van der Waals surface area (Å²) >= 11 is 5.91. The summed E-state index contributed by atoms with van der Waals surface area (Å²) in [5, 5.41) is 40.2. The molecule has 3 heterocycles. The number of rotatable bonds is 13. The van der Waals surface area contributed by atoms with E-state index in [2.05, 4.69) is 25.8 Å². The van der Waals surface area contributed by atoms with Crippen LogP contribution >= 0.6 is 11.6 Å². The number of aromatic nitrogens is 4. The molecule has 14 nitrogen and oxygen atoms in total. The first-order valence-electron chi connectivity index (χ1n) is 12.6. The van der Waals surface area contributed by atoms with Crippen LogP contribution in [0.5, 0.6) is 0 Å². The molecule has 15 heteroatoms. The largest absolute Gasteiger partial charge is 0.479 e. The van der Waals surface area contributed by atoms with Crippen LogP contribution in [0.3, 0.4) is 0 Å². The second-order valence-corrected chi connectivity index (χ2v) is 9.77. The third-order valence-electron chi connectivity index (χ3n) is 6.74. The van der Waals surface area contributed by atoms with E-state index < -0.39 is 55.6 Å². The van der Waals surface area contributed by atoms with Gasteiger partial charge in [-0.1, -0.05) is 18.1 Å². The lowest BCUT2D eigenvalue weighted by Crippen LogP contribution is -2.52. The molecule has 1 saturated heterocycles. The number of terminal acetylenes is 1. The summed E-state index contributed by atoms with van der Waals surface area (Å²) in [5.41, 5.74) is 4.69. The van der Waals surface area contributed by atoms with E-state index in [1.807, 2.05) is 0 Å². The molecule has 0 unspecified atom stereocenters.